The Labute approximate surface area is 120 Å². The molecule has 1 unspecified atom stereocenters. The van der Waals surface area contributed by atoms with Crippen LogP contribution >= 0.6 is 0 Å². The van der Waals surface area contributed by atoms with Crippen molar-refractivity contribution in [1.29, 1.82) is 0 Å². The molecule has 6 nitrogen and oxygen atoms in total. The number of nitrogens with two attached hydrogens (primary N) is 1. The summed E-state index contributed by atoms with van der Waals surface area (Å²) < 4.78 is 1.95. The fourth-order valence-electron chi connectivity index (χ4n) is 2.27. The SMILES string of the molecule is CCC(CCN(C)CC)Cn1ncc2c(N)ncnc21. The first kappa shape index (κ1) is 14.7. The monoisotopic (exact) mass is 276 g/mol. The highest BCUT2D eigenvalue weighted by atomic mass is 15.3. The Morgan fingerprint density at radius 2 is 2.15 bits per heavy atom. The summed E-state index contributed by atoms with van der Waals surface area (Å²) in [7, 11) is 2.16. The van der Waals surface area contributed by atoms with Crippen molar-refractivity contribution in [2.75, 3.05) is 25.9 Å². The molecule has 1 atom stereocenters. The Kier molecular flexibility index (Phi) is 4.89. The molecule has 0 aliphatic carbocycles. The summed E-state index contributed by atoms with van der Waals surface area (Å²) in [6.45, 7) is 7.50. The van der Waals surface area contributed by atoms with Crippen LogP contribution in [-0.4, -0.2) is 44.8 Å². The van der Waals surface area contributed by atoms with E-state index in [0.29, 0.717) is 11.7 Å². The third kappa shape index (κ3) is 3.25. The summed E-state index contributed by atoms with van der Waals surface area (Å²) in [4.78, 5) is 10.6. The second-order valence-electron chi connectivity index (χ2n) is 5.28. The molecule has 6 heteroatoms. The van der Waals surface area contributed by atoms with E-state index in [9.17, 15) is 0 Å². The van der Waals surface area contributed by atoms with Crippen molar-refractivity contribution in [2.45, 2.75) is 33.2 Å². The molecule has 0 saturated carbocycles. The average Bonchev–Trinajstić information content (AvgIpc) is 2.87. The van der Waals surface area contributed by atoms with E-state index in [2.05, 4.69) is 40.9 Å². The Morgan fingerprint density at radius 1 is 1.35 bits per heavy atom. The quantitative estimate of drug-likeness (QED) is 0.834. The first-order chi connectivity index (χ1) is 9.65. The van der Waals surface area contributed by atoms with Crippen molar-refractivity contribution >= 4 is 16.9 Å². The maximum Gasteiger partial charge on any atom is 0.163 e. The van der Waals surface area contributed by atoms with Gasteiger partial charge in [-0.2, -0.15) is 5.10 Å². The van der Waals surface area contributed by atoms with Crippen molar-refractivity contribution in [3.8, 4) is 0 Å². The summed E-state index contributed by atoms with van der Waals surface area (Å²) in [5, 5.41) is 5.25. The maximum absolute atomic E-state index is 5.84. The van der Waals surface area contributed by atoms with Crippen LogP contribution in [0.15, 0.2) is 12.5 Å². The molecule has 110 valence electrons. The lowest BCUT2D eigenvalue weighted by Gasteiger charge is -2.19. The molecule has 0 aromatic carbocycles. The zero-order valence-electron chi connectivity index (χ0n) is 12.6. The molecule has 0 spiro atoms. The molecule has 2 heterocycles. The predicted octanol–water partition coefficient (Wildman–Crippen LogP) is 1.78. The van der Waals surface area contributed by atoms with Gasteiger partial charge in [0.2, 0.25) is 0 Å². The van der Waals surface area contributed by atoms with Gasteiger partial charge in [0.15, 0.2) is 5.65 Å². The minimum atomic E-state index is 0.500. The van der Waals surface area contributed by atoms with Crippen LogP contribution in [0.5, 0.6) is 0 Å². The van der Waals surface area contributed by atoms with E-state index >= 15 is 0 Å². The zero-order valence-corrected chi connectivity index (χ0v) is 12.6. The van der Waals surface area contributed by atoms with E-state index in [1.807, 2.05) is 4.68 Å². The first-order valence-corrected chi connectivity index (χ1v) is 7.26. The second kappa shape index (κ2) is 6.65. The third-order valence-corrected chi connectivity index (χ3v) is 3.93. The summed E-state index contributed by atoms with van der Waals surface area (Å²) in [5.74, 6) is 1.10. The molecular formula is C14H24N6. The minimum absolute atomic E-state index is 0.500. The van der Waals surface area contributed by atoms with Gasteiger partial charge in [-0.1, -0.05) is 20.3 Å². The number of nitrogens with zero attached hydrogens (tertiary/aromatic N) is 5. The van der Waals surface area contributed by atoms with Gasteiger partial charge in [0, 0.05) is 6.54 Å². The standard InChI is InChI=1S/C14H24N6/c1-4-11(6-7-19(3)5-2)9-20-14-12(8-18-20)13(15)16-10-17-14/h8,10-11H,4-7,9H2,1-3H3,(H2,15,16,17). The van der Waals surface area contributed by atoms with Crippen molar-refractivity contribution in [1.82, 2.24) is 24.6 Å². The van der Waals surface area contributed by atoms with Crippen molar-refractivity contribution in [3.05, 3.63) is 12.5 Å². The van der Waals surface area contributed by atoms with E-state index in [1.54, 1.807) is 6.20 Å². The molecule has 0 aliphatic heterocycles. The van der Waals surface area contributed by atoms with E-state index < -0.39 is 0 Å². The van der Waals surface area contributed by atoms with Crippen molar-refractivity contribution < 1.29 is 0 Å². The van der Waals surface area contributed by atoms with Gasteiger partial charge in [-0.25, -0.2) is 14.6 Å². The Morgan fingerprint density at radius 3 is 2.85 bits per heavy atom. The third-order valence-electron chi connectivity index (χ3n) is 3.93. The molecule has 0 bridgehead atoms. The lowest BCUT2D eigenvalue weighted by atomic mass is 10.0. The van der Waals surface area contributed by atoms with Gasteiger partial charge in [0.05, 0.1) is 11.6 Å². The molecule has 0 saturated heterocycles. The normalized spacial score (nSPS) is 13.2. The van der Waals surface area contributed by atoms with Gasteiger partial charge >= 0.3 is 0 Å². The molecular weight excluding hydrogens is 252 g/mol. The highest BCUT2D eigenvalue weighted by Crippen LogP contribution is 2.18. The Balaban J connectivity index is 2.08. The number of nitrogen functional groups attached to an aromatic ring is 1. The molecule has 2 aromatic heterocycles. The largest absolute Gasteiger partial charge is 0.383 e. The number of aromatic nitrogens is 4. The molecule has 0 amide bonds. The lowest BCUT2D eigenvalue weighted by molar-refractivity contribution is 0.290. The molecule has 20 heavy (non-hydrogen) atoms. The number of fused-ring (bicyclic) bond motifs is 1. The molecule has 2 N–H and O–H groups in total. The van der Waals surface area contributed by atoms with Gasteiger partial charge in [-0.05, 0) is 32.5 Å². The molecule has 2 aromatic rings. The van der Waals surface area contributed by atoms with Gasteiger partial charge in [-0.3, -0.25) is 0 Å². The summed E-state index contributed by atoms with van der Waals surface area (Å²) >= 11 is 0. The summed E-state index contributed by atoms with van der Waals surface area (Å²) in [6.07, 6.45) is 5.57. The number of hydrogen-bond acceptors (Lipinski definition) is 5. The molecule has 0 aliphatic rings. The van der Waals surface area contributed by atoms with Crippen LogP contribution in [-0.2, 0) is 6.54 Å². The highest BCUT2D eigenvalue weighted by molar-refractivity contribution is 5.84. The van der Waals surface area contributed by atoms with Crippen LogP contribution < -0.4 is 5.73 Å². The minimum Gasteiger partial charge on any atom is -0.383 e. The Bertz CT molecular complexity index is 550. The number of hydrogen-bond donors (Lipinski definition) is 1. The van der Waals surface area contributed by atoms with Gasteiger partial charge in [0.25, 0.3) is 0 Å². The molecule has 0 fully saturated rings. The molecule has 2 rings (SSSR count). The van der Waals surface area contributed by atoms with Gasteiger partial charge in [-0.15, -0.1) is 0 Å². The van der Waals surface area contributed by atoms with Gasteiger partial charge in [0.1, 0.15) is 12.1 Å². The van der Waals surface area contributed by atoms with E-state index in [1.165, 1.54) is 12.7 Å². The lowest BCUT2D eigenvalue weighted by Crippen LogP contribution is -2.23. The van der Waals surface area contributed by atoms with E-state index in [4.69, 9.17) is 5.73 Å². The summed E-state index contributed by atoms with van der Waals surface area (Å²) in [6, 6.07) is 0. The van der Waals surface area contributed by atoms with Crippen LogP contribution in [0, 0.1) is 5.92 Å². The fourth-order valence-corrected chi connectivity index (χ4v) is 2.27. The summed E-state index contributed by atoms with van der Waals surface area (Å²) in [5.41, 5.74) is 6.67. The number of rotatable bonds is 7. The zero-order chi connectivity index (χ0) is 14.5. The van der Waals surface area contributed by atoms with Crippen LogP contribution in [0.3, 0.4) is 0 Å². The fraction of sp³-hybridized carbons (Fsp3) is 0.643. The number of anilines is 1. The smallest absolute Gasteiger partial charge is 0.163 e. The highest BCUT2D eigenvalue weighted by Gasteiger charge is 2.13. The van der Waals surface area contributed by atoms with E-state index in [-0.39, 0.29) is 0 Å². The van der Waals surface area contributed by atoms with Crippen LogP contribution in [0.4, 0.5) is 5.82 Å². The van der Waals surface area contributed by atoms with Crippen molar-refractivity contribution in [2.24, 2.45) is 5.92 Å². The maximum atomic E-state index is 5.84. The van der Waals surface area contributed by atoms with Crippen LogP contribution in [0.1, 0.15) is 26.7 Å². The molecule has 0 radical (unpaired) electrons. The second-order valence-corrected chi connectivity index (χ2v) is 5.28. The first-order valence-electron chi connectivity index (χ1n) is 7.26. The van der Waals surface area contributed by atoms with Crippen molar-refractivity contribution in [3.63, 3.8) is 0 Å². The van der Waals surface area contributed by atoms with Crippen LogP contribution in [0.25, 0.3) is 11.0 Å². The average molecular weight is 276 g/mol. The Hall–Kier alpha value is -1.69. The van der Waals surface area contributed by atoms with E-state index in [0.717, 1.165) is 37.1 Å². The predicted molar refractivity (Wildman–Crippen MR) is 81.3 cm³/mol. The topological polar surface area (TPSA) is 72.9 Å². The van der Waals surface area contributed by atoms with Crippen LogP contribution in [0.2, 0.25) is 0 Å². The van der Waals surface area contributed by atoms with Gasteiger partial charge < -0.3 is 10.6 Å².